The van der Waals surface area contributed by atoms with Crippen molar-refractivity contribution in [2.24, 2.45) is 0 Å². The SMILES string of the molecule is COC(=O)C#CC(C)N(O)Cc1ccccc1. The molecule has 90 valence electrons. The summed E-state index contributed by atoms with van der Waals surface area (Å²) in [6, 6.07) is 9.08. The number of esters is 1. The normalized spacial score (nSPS) is 11.5. The highest BCUT2D eigenvalue weighted by Crippen LogP contribution is 2.04. The van der Waals surface area contributed by atoms with Gasteiger partial charge in [-0.25, -0.2) is 4.79 Å². The Hall–Kier alpha value is -1.83. The molecule has 0 amide bonds. The molecule has 1 rings (SSSR count). The molecule has 4 nitrogen and oxygen atoms in total. The molecule has 1 aromatic rings. The Bertz CT molecular complexity index is 419. The second-order valence-corrected chi connectivity index (χ2v) is 3.52. The van der Waals surface area contributed by atoms with Gasteiger partial charge in [0.1, 0.15) is 0 Å². The molecule has 1 aromatic carbocycles. The second kappa shape index (κ2) is 6.69. The molecule has 0 saturated heterocycles. The van der Waals surface area contributed by atoms with Gasteiger partial charge in [-0.3, -0.25) is 0 Å². The topological polar surface area (TPSA) is 49.8 Å². The van der Waals surface area contributed by atoms with E-state index in [1.54, 1.807) is 6.92 Å². The second-order valence-electron chi connectivity index (χ2n) is 3.52. The first kappa shape index (κ1) is 13.2. The summed E-state index contributed by atoms with van der Waals surface area (Å²) in [6.45, 7) is 2.07. The molecule has 0 fully saturated rings. The molecule has 0 aliphatic heterocycles. The average Bonchev–Trinajstić information content (AvgIpc) is 2.36. The molecule has 0 aliphatic rings. The lowest BCUT2D eigenvalue weighted by molar-refractivity contribution is -0.133. The first-order chi connectivity index (χ1) is 8.13. The minimum atomic E-state index is -0.607. The highest BCUT2D eigenvalue weighted by atomic mass is 16.5. The van der Waals surface area contributed by atoms with Crippen LogP contribution in [0.5, 0.6) is 0 Å². The van der Waals surface area contributed by atoms with Gasteiger partial charge >= 0.3 is 5.97 Å². The van der Waals surface area contributed by atoms with E-state index in [-0.39, 0.29) is 0 Å². The Morgan fingerprint density at radius 1 is 1.47 bits per heavy atom. The summed E-state index contributed by atoms with van der Waals surface area (Å²) in [5.41, 5.74) is 0.974. The average molecular weight is 233 g/mol. The van der Waals surface area contributed by atoms with Crippen LogP contribution in [-0.4, -0.2) is 29.4 Å². The Morgan fingerprint density at radius 2 is 2.12 bits per heavy atom. The smallest absolute Gasteiger partial charge is 0.384 e. The standard InChI is InChI=1S/C13H15NO3/c1-11(8-9-13(15)17-2)14(16)10-12-6-4-3-5-7-12/h3-7,11,16H,10H2,1-2H3. The number of hydrogen-bond acceptors (Lipinski definition) is 4. The molecular formula is C13H15NO3. The molecule has 0 aliphatic carbocycles. The van der Waals surface area contributed by atoms with Crippen molar-refractivity contribution in [3.8, 4) is 11.8 Å². The molecule has 1 atom stereocenters. The van der Waals surface area contributed by atoms with Gasteiger partial charge < -0.3 is 9.94 Å². The van der Waals surface area contributed by atoms with Crippen molar-refractivity contribution >= 4 is 5.97 Å². The van der Waals surface area contributed by atoms with Crippen molar-refractivity contribution in [2.45, 2.75) is 19.5 Å². The first-order valence-corrected chi connectivity index (χ1v) is 5.22. The van der Waals surface area contributed by atoms with Crippen LogP contribution < -0.4 is 0 Å². The fourth-order valence-corrected chi connectivity index (χ4v) is 1.20. The lowest BCUT2D eigenvalue weighted by Gasteiger charge is -2.17. The maximum Gasteiger partial charge on any atom is 0.384 e. The number of nitrogens with zero attached hydrogens (tertiary/aromatic N) is 1. The highest BCUT2D eigenvalue weighted by Gasteiger charge is 2.08. The Kier molecular flexibility index (Phi) is 5.21. The minimum absolute atomic E-state index is 0.359. The lowest BCUT2D eigenvalue weighted by atomic mass is 10.2. The Morgan fingerprint density at radius 3 is 2.71 bits per heavy atom. The van der Waals surface area contributed by atoms with Crippen LogP contribution >= 0.6 is 0 Å². The van der Waals surface area contributed by atoms with Crippen LogP contribution in [0.1, 0.15) is 12.5 Å². The van der Waals surface area contributed by atoms with Gasteiger partial charge in [-0.2, -0.15) is 5.06 Å². The van der Waals surface area contributed by atoms with Gasteiger partial charge in [-0.05, 0) is 12.5 Å². The van der Waals surface area contributed by atoms with Crippen molar-refractivity contribution in [2.75, 3.05) is 7.11 Å². The molecule has 0 heterocycles. The molecule has 0 radical (unpaired) electrons. The van der Waals surface area contributed by atoms with Crippen molar-refractivity contribution in [1.29, 1.82) is 0 Å². The van der Waals surface area contributed by atoms with Crippen LogP contribution in [0.25, 0.3) is 0 Å². The highest BCUT2D eigenvalue weighted by molar-refractivity contribution is 5.88. The van der Waals surface area contributed by atoms with Crippen LogP contribution in [0.2, 0.25) is 0 Å². The molecule has 0 bridgehead atoms. The zero-order chi connectivity index (χ0) is 12.7. The zero-order valence-electron chi connectivity index (χ0n) is 9.88. The van der Waals surface area contributed by atoms with Gasteiger partial charge in [0.2, 0.25) is 0 Å². The quantitative estimate of drug-likeness (QED) is 0.371. The third kappa shape index (κ3) is 4.68. The fourth-order valence-electron chi connectivity index (χ4n) is 1.20. The Balaban J connectivity index is 2.55. The monoisotopic (exact) mass is 233 g/mol. The number of hydrogen-bond donors (Lipinski definition) is 1. The van der Waals surface area contributed by atoms with E-state index in [1.165, 1.54) is 7.11 Å². The van der Waals surface area contributed by atoms with E-state index in [4.69, 9.17) is 0 Å². The van der Waals surface area contributed by atoms with Crippen molar-refractivity contribution in [1.82, 2.24) is 5.06 Å². The Labute approximate surface area is 101 Å². The fraction of sp³-hybridized carbons (Fsp3) is 0.308. The molecule has 1 N–H and O–H groups in total. The predicted molar refractivity (Wildman–Crippen MR) is 63.0 cm³/mol. The number of carbonyl (C=O) groups is 1. The number of hydroxylamine groups is 2. The van der Waals surface area contributed by atoms with E-state index in [9.17, 15) is 10.0 Å². The van der Waals surface area contributed by atoms with E-state index < -0.39 is 12.0 Å². The lowest BCUT2D eigenvalue weighted by Crippen LogP contribution is -2.28. The largest absolute Gasteiger partial charge is 0.459 e. The first-order valence-electron chi connectivity index (χ1n) is 5.22. The van der Waals surface area contributed by atoms with E-state index in [1.807, 2.05) is 30.3 Å². The van der Waals surface area contributed by atoms with Crippen LogP contribution in [0.4, 0.5) is 0 Å². The molecular weight excluding hydrogens is 218 g/mol. The third-order valence-electron chi connectivity index (χ3n) is 2.20. The van der Waals surface area contributed by atoms with Crippen molar-refractivity contribution in [3.05, 3.63) is 35.9 Å². The number of carbonyl (C=O) groups excluding carboxylic acids is 1. The van der Waals surface area contributed by atoms with Crippen LogP contribution in [0, 0.1) is 11.8 Å². The summed E-state index contributed by atoms with van der Waals surface area (Å²) >= 11 is 0. The maximum atomic E-state index is 10.8. The van der Waals surface area contributed by atoms with Crippen LogP contribution in [0.3, 0.4) is 0 Å². The molecule has 17 heavy (non-hydrogen) atoms. The van der Waals surface area contributed by atoms with Gasteiger partial charge in [0.05, 0.1) is 19.7 Å². The summed E-state index contributed by atoms with van der Waals surface area (Å²) in [4.78, 5) is 10.8. The van der Waals surface area contributed by atoms with Gasteiger partial charge in [-0.1, -0.05) is 36.3 Å². The summed E-state index contributed by atoms with van der Waals surface area (Å²) in [5.74, 6) is 4.28. The number of benzene rings is 1. The third-order valence-corrected chi connectivity index (χ3v) is 2.20. The predicted octanol–water partition coefficient (Wildman–Crippen LogP) is 1.44. The minimum Gasteiger partial charge on any atom is -0.459 e. The van der Waals surface area contributed by atoms with Gasteiger partial charge in [-0.15, -0.1) is 0 Å². The maximum absolute atomic E-state index is 10.8. The summed E-state index contributed by atoms with van der Waals surface area (Å²) in [6.07, 6.45) is 0. The van der Waals surface area contributed by atoms with E-state index in [0.29, 0.717) is 6.54 Å². The number of rotatable bonds is 3. The number of methoxy groups -OCH3 is 1. The molecule has 4 heteroatoms. The van der Waals surface area contributed by atoms with Gasteiger partial charge in [0.25, 0.3) is 0 Å². The van der Waals surface area contributed by atoms with E-state index in [2.05, 4.69) is 16.6 Å². The van der Waals surface area contributed by atoms with Gasteiger partial charge in [0, 0.05) is 5.92 Å². The molecule has 0 aromatic heterocycles. The van der Waals surface area contributed by atoms with Crippen LogP contribution in [-0.2, 0) is 16.1 Å². The summed E-state index contributed by atoms with van der Waals surface area (Å²) < 4.78 is 4.39. The number of ether oxygens (including phenoxy) is 1. The van der Waals surface area contributed by atoms with Crippen molar-refractivity contribution in [3.63, 3.8) is 0 Å². The van der Waals surface area contributed by atoms with Gasteiger partial charge in [0.15, 0.2) is 0 Å². The molecule has 1 unspecified atom stereocenters. The summed E-state index contributed by atoms with van der Waals surface area (Å²) in [7, 11) is 1.27. The molecule has 0 saturated carbocycles. The summed E-state index contributed by atoms with van der Waals surface area (Å²) in [5, 5.41) is 10.8. The zero-order valence-corrected chi connectivity index (χ0v) is 9.88. The van der Waals surface area contributed by atoms with E-state index >= 15 is 0 Å². The van der Waals surface area contributed by atoms with Crippen molar-refractivity contribution < 1.29 is 14.7 Å². The van der Waals surface area contributed by atoms with E-state index in [0.717, 1.165) is 10.6 Å². The molecule has 0 spiro atoms. The van der Waals surface area contributed by atoms with Crippen LogP contribution in [0.15, 0.2) is 30.3 Å².